The smallest absolute Gasteiger partial charge is 0.0709 e. The molecule has 1 heterocycles. The van der Waals surface area contributed by atoms with Gasteiger partial charge in [0.25, 0.3) is 0 Å². The second kappa shape index (κ2) is 3.74. The highest BCUT2D eigenvalue weighted by molar-refractivity contribution is 5.33. The molecule has 2 nitrogen and oxygen atoms in total. The van der Waals surface area contributed by atoms with Crippen molar-refractivity contribution in [2.75, 3.05) is 0 Å². The summed E-state index contributed by atoms with van der Waals surface area (Å²) in [6.45, 7) is 0. The largest absolute Gasteiger partial charge is 0.268 e. The third-order valence-corrected chi connectivity index (χ3v) is 3.13. The first-order valence-electron chi connectivity index (χ1n) is 5.51. The standard InChI is InChI=1S/C14H14N2/c15-16-13(11-7-3-1-4-8-11)14(16)12-9-5-2-6-10-12/h1-10,13-14H,15H2/t13-,14+,16?. The summed E-state index contributed by atoms with van der Waals surface area (Å²) in [6, 6.07) is 21.5. The molecule has 1 unspecified atom stereocenters. The number of hydrogen-bond acceptors (Lipinski definition) is 2. The Morgan fingerprint density at radius 2 is 1.06 bits per heavy atom. The Balaban J connectivity index is 1.87. The van der Waals surface area contributed by atoms with Crippen LogP contribution in [0, 0.1) is 0 Å². The van der Waals surface area contributed by atoms with Crippen molar-refractivity contribution in [3.63, 3.8) is 0 Å². The fourth-order valence-electron chi connectivity index (χ4n) is 2.26. The Hall–Kier alpha value is -1.64. The molecule has 1 saturated heterocycles. The van der Waals surface area contributed by atoms with Gasteiger partial charge in [0.15, 0.2) is 0 Å². The highest BCUT2D eigenvalue weighted by Crippen LogP contribution is 2.51. The van der Waals surface area contributed by atoms with E-state index in [1.807, 2.05) is 17.1 Å². The molecule has 2 aromatic rings. The minimum atomic E-state index is 0.337. The zero-order chi connectivity index (χ0) is 11.0. The third kappa shape index (κ3) is 1.52. The van der Waals surface area contributed by atoms with E-state index in [2.05, 4.69) is 48.5 Å². The summed E-state index contributed by atoms with van der Waals surface area (Å²) in [7, 11) is 0. The molecule has 0 radical (unpaired) electrons. The van der Waals surface area contributed by atoms with Crippen LogP contribution in [-0.4, -0.2) is 5.01 Å². The van der Waals surface area contributed by atoms with Gasteiger partial charge in [-0.1, -0.05) is 60.7 Å². The van der Waals surface area contributed by atoms with Crippen LogP contribution in [0.5, 0.6) is 0 Å². The lowest BCUT2D eigenvalue weighted by atomic mass is 10.0. The molecule has 0 spiro atoms. The lowest BCUT2D eigenvalue weighted by molar-refractivity contribution is 0.516. The maximum atomic E-state index is 6.01. The van der Waals surface area contributed by atoms with Crippen LogP contribution in [0.2, 0.25) is 0 Å². The van der Waals surface area contributed by atoms with Crippen molar-refractivity contribution in [3.8, 4) is 0 Å². The summed E-state index contributed by atoms with van der Waals surface area (Å²) < 4.78 is 0. The Morgan fingerprint density at radius 3 is 1.44 bits per heavy atom. The Morgan fingerprint density at radius 1 is 0.688 bits per heavy atom. The monoisotopic (exact) mass is 210 g/mol. The molecule has 2 heteroatoms. The molecular weight excluding hydrogens is 196 g/mol. The maximum absolute atomic E-state index is 6.01. The topological polar surface area (TPSA) is 29.0 Å². The Labute approximate surface area is 95.3 Å². The van der Waals surface area contributed by atoms with E-state index in [9.17, 15) is 0 Å². The summed E-state index contributed by atoms with van der Waals surface area (Å²) >= 11 is 0. The van der Waals surface area contributed by atoms with Crippen LogP contribution in [0.15, 0.2) is 60.7 Å². The van der Waals surface area contributed by atoms with Crippen LogP contribution in [0.1, 0.15) is 23.2 Å². The van der Waals surface area contributed by atoms with Gasteiger partial charge >= 0.3 is 0 Å². The minimum Gasteiger partial charge on any atom is -0.268 e. The fraction of sp³-hybridized carbons (Fsp3) is 0.143. The van der Waals surface area contributed by atoms with Crippen molar-refractivity contribution in [2.24, 2.45) is 5.84 Å². The summed E-state index contributed by atoms with van der Waals surface area (Å²) in [5.74, 6) is 6.01. The summed E-state index contributed by atoms with van der Waals surface area (Å²) in [5.41, 5.74) is 2.58. The van der Waals surface area contributed by atoms with E-state index in [0.717, 1.165) is 0 Å². The van der Waals surface area contributed by atoms with E-state index in [1.165, 1.54) is 11.1 Å². The number of benzene rings is 2. The molecule has 80 valence electrons. The number of nitrogens with zero attached hydrogens (tertiary/aromatic N) is 1. The van der Waals surface area contributed by atoms with Crippen molar-refractivity contribution in [3.05, 3.63) is 71.8 Å². The SMILES string of the molecule is NN1[C@H](c2ccccc2)[C@@H]1c1ccccc1. The molecule has 0 saturated carbocycles. The molecule has 0 amide bonds. The van der Waals surface area contributed by atoms with Gasteiger partial charge in [-0.3, -0.25) is 5.84 Å². The quantitative estimate of drug-likeness (QED) is 0.610. The van der Waals surface area contributed by atoms with Crippen molar-refractivity contribution in [1.82, 2.24) is 5.01 Å². The van der Waals surface area contributed by atoms with E-state index >= 15 is 0 Å². The van der Waals surface area contributed by atoms with Crippen LogP contribution in [-0.2, 0) is 0 Å². The normalized spacial score (nSPS) is 27.7. The Kier molecular flexibility index (Phi) is 2.24. The first-order valence-corrected chi connectivity index (χ1v) is 5.51. The minimum absolute atomic E-state index is 0.337. The van der Waals surface area contributed by atoms with E-state index in [-0.39, 0.29) is 0 Å². The molecule has 2 aromatic carbocycles. The second-order valence-corrected chi connectivity index (χ2v) is 4.16. The van der Waals surface area contributed by atoms with Crippen LogP contribution >= 0.6 is 0 Å². The molecule has 16 heavy (non-hydrogen) atoms. The van der Waals surface area contributed by atoms with E-state index in [4.69, 9.17) is 5.84 Å². The molecule has 1 fully saturated rings. The summed E-state index contributed by atoms with van der Waals surface area (Å²) in [6.07, 6.45) is 0. The van der Waals surface area contributed by atoms with Gasteiger partial charge < -0.3 is 0 Å². The average Bonchev–Trinajstić information content (AvgIpc) is 3.03. The predicted molar refractivity (Wildman–Crippen MR) is 64.4 cm³/mol. The van der Waals surface area contributed by atoms with Gasteiger partial charge in [0.2, 0.25) is 0 Å². The van der Waals surface area contributed by atoms with Crippen LogP contribution in [0.25, 0.3) is 0 Å². The van der Waals surface area contributed by atoms with E-state index in [0.29, 0.717) is 12.1 Å². The molecule has 0 aliphatic carbocycles. The van der Waals surface area contributed by atoms with Crippen LogP contribution in [0.4, 0.5) is 0 Å². The molecular formula is C14H14N2. The van der Waals surface area contributed by atoms with Gasteiger partial charge in [0.05, 0.1) is 12.1 Å². The molecule has 0 bridgehead atoms. The third-order valence-electron chi connectivity index (χ3n) is 3.13. The molecule has 1 aliphatic rings. The maximum Gasteiger partial charge on any atom is 0.0709 e. The Bertz CT molecular complexity index is 421. The lowest BCUT2D eigenvalue weighted by Gasteiger charge is -1.97. The van der Waals surface area contributed by atoms with Gasteiger partial charge in [0, 0.05) is 0 Å². The highest BCUT2D eigenvalue weighted by atomic mass is 15.6. The van der Waals surface area contributed by atoms with Crippen molar-refractivity contribution >= 4 is 0 Å². The van der Waals surface area contributed by atoms with Crippen LogP contribution in [0.3, 0.4) is 0 Å². The van der Waals surface area contributed by atoms with Crippen molar-refractivity contribution in [1.29, 1.82) is 0 Å². The zero-order valence-electron chi connectivity index (χ0n) is 8.95. The van der Waals surface area contributed by atoms with Gasteiger partial charge in [-0.2, -0.15) is 0 Å². The lowest BCUT2D eigenvalue weighted by Crippen LogP contribution is -2.07. The number of rotatable bonds is 2. The molecule has 3 rings (SSSR count). The van der Waals surface area contributed by atoms with Gasteiger partial charge in [0.1, 0.15) is 0 Å². The number of nitrogens with two attached hydrogens (primary N) is 1. The van der Waals surface area contributed by atoms with Crippen LogP contribution < -0.4 is 5.84 Å². The number of hydrazine groups is 1. The molecule has 0 aromatic heterocycles. The average molecular weight is 210 g/mol. The van der Waals surface area contributed by atoms with E-state index in [1.54, 1.807) is 0 Å². The zero-order valence-corrected chi connectivity index (χ0v) is 8.95. The number of hydrogen-bond donors (Lipinski definition) is 1. The molecule has 1 aliphatic heterocycles. The fourth-order valence-corrected chi connectivity index (χ4v) is 2.26. The first kappa shape index (κ1) is 9.58. The predicted octanol–water partition coefficient (Wildman–Crippen LogP) is 2.66. The van der Waals surface area contributed by atoms with Gasteiger partial charge in [-0.05, 0) is 11.1 Å². The van der Waals surface area contributed by atoms with Crippen molar-refractivity contribution in [2.45, 2.75) is 12.1 Å². The van der Waals surface area contributed by atoms with Gasteiger partial charge in [-0.25, -0.2) is 5.01 Å². The molecule has 3 atom stereocenters. The van der Waals surface area contributed by atoms with Gasteiger partial charge in [-0.15, -0.1) is 0 Å². The highest BCUT2D eigenvalue weighted by Gasteiger charge is 2.47. The summed E-state index contributed by atoms with van der Waals surface area (Å²) in [4.78, 5) is 0. The summed E-state index contributed by atoms with van der Waals surface area (Å²) in [5, 5.41) is 1.91. The first-order chi connectivity index (χ1) is 7.88. The molecule has 2 N–H and O–H groups in total. The van der Waals surface area contributed by atoms with Crippen molar-refractivity contribution < 1.29 is 0 Å². The second-order valence-electron chi connectivity index (χ2n) is 4.16. The van der Waals surface area contributed by atoms with E-state index < -0.39 is 0 Å².